The molecule has 39 heavy (non-hydrogen) atoms. The molecule has 1 aromatic heterocycles. The molecular formula is C38H22O. The molecule has 0 fully saturated rings. The van der Waals surface area contributed by atoms with Crippen LogP contribution in [0.4, 0.5) is 0 Å². The average Bonchev–Trinajstić information content (AvgIpc) is 3.39. The van der Waals surface area contributed by atoms with Crippen molar-refractivity contribution in [3.05, 3.63) is 133 Å². The Morgan fingerprint density at radius 3 is 1.54 bits per heavy atom. The molecule has 0 atom stereocenters. The Hall–Kier alpha value is -5.14. The van der Waals surface area contributed by atoms with Gasteiger partial charge in [0.05, 0.1) is 0 Å². The van der Waals surface area contributed by atoms with Gasteiger partial charge in [0.1, 0.15) is 11.2 Å². The molecule has 0 saturated carbocycles. The third kappa shape index (κ3) is 2.79. The van der Waals surface area contributed by atoms with Crippen LogP contribution in [0, 0.1) is 0 Å². The van der Waals surface area contributed by atoms with E-state index in [1.807, 2.05) is 0 Å². The Labute approximate surface area is 224 Å². The van der Waals surface area contributed by atoms with Crippen molar-refractivity contribution in [1.29, 1.82) is 0 Å². The van der Waals surface area contributed by atoms with Gasteiger partial charge in [-0.05, 0) is 83.5 Å². The van der Waals surface area contributed by atoms with Gasteiger partial charge >= 0.3 is 0 Å². The van der Waals surface area contributed by atoms with E-state index in [1.54, 1.807) is 0 Å². The van der Waals surface area contributed by atoms with Crippen LogP contribution in [0.15, 0.2) is 138 Å². The van der Waals surface area contributed by atoms with Crippen LogP contribution < -0.4 is 0 Å². The molecule has 0 N–H and O–H groups in total. The topological polar surface area (TPSA) is 13.1 Å². The highest BCUT2D eigenvalue weighted by Gasteiger charge is 2.21. The SMILES string of the molecule is c1ccc2c(-c3c4ccccc4c(-c4cc5cccc6oc7cccc4c7c56)c4ccccc34)cccc2c1. The standard InChI is InChI=1S/C38H22O/c1-2-13-25-23(10-1)11-7-18-26(25)36-27-14-3-5-16-29(27)37(30-17-6-4-15-28(30)36)32-22-24-12-8-20-33-35(24)38-31(32)19-9-21-34(38)39-33/h1-22H. The predicted octanol–water partition coefficient (Wildman–Crippen LogP) is 11.0. The summed E-state index contributed by atoms with van der Waals surface area (Å²) < 4.78 is 6.30. The van der Waals surface area contributed by atoms with Crippen molar-refractivity contribution >= 4 is 65.0 Å². The summed E-state index contributed by atoms with van der Waals surface area (Å²) in [7, 11) is 0. The highest BCUT2D eigenvalue weighted by atomic mass is 16.3. The van der Waals surface area contributed by atoms with E-state index in [-0.39, 0.29) is 0 Å². The summed E-state index contributed by atoms with van der Waals surface area (Å²) in [6.45, 7) is 0. The van der Waals surface area contributed by atoms with Crippen molar-refractivity contribution in [2.45, 2.75) is 0 Å². The van der Waals surface area contributed by atoms with Gasteiger partial charge in [0.25, 0.3) is 0 Å². The Kier molecular flexibility index (Phi) is 4.11. The molecule has 9 rings (SSSR count). The maximum atomic E-state index is 6.30. The molecule has 9 aromatic rings. The second-order valence-corrected chi connectivity index (χ2v) is 10.4. The van der Waals surface area contributed by atoms with Gasteiger partial charge in [-0.3, -0.25) is 0 Å². The van der Waals surface area contributed by atoms with Gasteiger partial charge in [-0.25, -0.2) is 0 Å². The van der Waals surface area contributed by atoms with Crippen molar-refractivity contribution in [1.82, 2.24) is 0 Å². The molecule has 8 aromatic carbocycles. The third-order valence-corrected chi connectivity index (χ3v) is 8.40. The number of hydrogen-bond acceptors (Lipinski definition) is 1. The van der Waals surface area contributed by atoms with Crippen molar-refractivity contribution in [2.24, 2.45) is 0 Å². The number of fused-ring (bicyclic) bond motifs is 3. The first-order chi connectivity index (χ1) is 19.4. The normalized spacial score (nSPS) is 12.1. The van der Waals surface area contributed by atoms with E-state index in [9.17, 15) is 0 Å². The minimum absolute atomic E-state index is 0.946. The van der Waals surface area contributed by atoms with E-state index in [1.165, 1.54) is 76.1 Å². The Morgan fingerprint density at radius 1 is 0.333 bits per heavy atom. The zero-order valence-corrected chi connectivity index (χ0v) is 21.1. The lowest BCUT2D eigenvalue weighted by atomic mass is 9.83. The zero-order valence-electron chi connectivity index (χ0n) is 21.1. The summed E-state index contributed by atoms with van der Waals surface area (Å²) >= 11 is 0. The van der Waals surface area contributed by atoms with Crippen LogP contribution in [-0.4, -0.2) is 0 Å². The van der Waals surface area contributed by atoms with Crippen LogP contribution in [0.25, 0.3) is 87.3 Å². The van der Waals surface area contributed by atoms with Gasteiger partial charge in [0.2, 0.25) is 0 Å². The third-order valence-electron chi connectivity index (χ3n) is 8.40. The molecule has 1 heteroatoms. The zero-order chi connectivity index (χ0) is 25.5. The van der Waals surface area contributed by atoms with Crippen LogP contribution in [0.3, 0.4) is 0 Å². The Balaban J connectivity index is 1.51. The molecule has 0 aliphatic heterocycles. The first-order valence-corrected chi connectivity index (χ1v) is 13.4. The minimum Gasteiger partial charge on any atom is -0.456 e. The lowest BCUT2D eigenvalue weighted by Gasteiger charge is -2.20. The van der Waals surface area contributed by atoms with Gasteiger partial charge in [-0.1, -0.05) is 115 Å². The minimum atomic E-state index is 0.946. The molecule has 0 saturated heterocycles. The fraction of sp³-hybridized carbons (Fsp3) is 0. The van der Waals surface area contributed by atoms with E-state index < -0.39 is 0 Å². The van der Waals surface area contributed by atoms with E-state index >= 15 is 0 Å². The van der Waals surface area contributed by atoms with Crippen LogP contribution in [0.5, 0.6) is 0 Å². The monoisotopic (exact) mass is 494 g/mol. The first kappa shape index (κ1) is 20.9. The predicted molar refractivity (Wildman–Crippen MR) is 166 cm³/mol. The fourth-order valence-electron chi connectivity index (χ4n) is 6.83. The molecule has 1 heterocycles. The first-order valence-electron chi connectivity index (χ1n) is 13.4. The summed E-state index contributed by atoms with van der Waals surface area (Å²) in [6, 6.07) is 48.4. The molecule has 0 unspecified atom stereocenters. The summed E-state index contributed by atoms with van der Waals surface area (Å²) in [5.74, 6) is 0. The molecular weight excluding hydrogens is 472 g/mol. The molecule has 0 spiro atoms. The number of furan rings is 1. The smallest absolute Gasteiger partial charge is 0.136 e. The van der Waals surface area contributed by atoms with Crippen LogP contribution >= 0.6 is 0 Å². The number of hydrogen-bond donors (Lipinski definition) is 0. The molecule has 180 valence electrons. The van der Waals surface area contributed by atoms with Gasteiger partial charge in [0, 0.05) is 10.8 Å². The highest BCUT2D eigenvalue weighted by Crippen LogP contribution is 2.49. The van der Waals surface area contributed by atoms with Gasteiger partial charge in [-0.15, -0.1) is 0 Å². The molecule has 0 radical (unpaired) electrons. The van der Waals surface area contributed by atoms with Gasteiger partial charge in [0.15, 0.2) is 0 Å². The quantitative estimate of drug-likeness (QED) is 0.172. The lowest BCUT2D eigenvalue weighted by molar-refractivity contribution is 0.669. The van der Waals surface area contributed by atoms with E-state index in [2.05, 4.69) is 133 Å². The Morgan fingerprint density at radius 2 is 0.821 bits per heavy atom. The summed E-state index contributed by atoms with van der Waals surface area (Å²) in [5.41, 5.74) is 6.99. The maximum Gasteiger partial charge on any atom is 0.136 e. The lowest BCUT2D eigenvalue weighted by Crippen LogP contribution is -1.92. The second-order valence-electron chi connectivity index (χ2n) is 10.4. The van der Waals surface area contributed by atoms with Crippen LogP contribution in [0.2, 0.25) is 0 Å². The fourth-order valence-corrected chi connectivity index (χ4v) is 6.83. The summed E-state index contributed by atoms with van der Waals surface area (Å²) in [5, 5.41) is 12.5. The van der Waals surface area contributed by atoms with Gasteiger partial charge in [-0.2, -0.15) is 0 Å². The Bertz CT molecular complexity index is 2330. The van der Waals surface area contributed by atoms with Crippen molar-refractivity contribution in [3.8, 4) is 22.3 Å². The molecule has 0 aliphatic rings. The second kappa shape index (κ2) is 7.69. The van der Waals surface area contributed by atoms with Crippen molar-refractivity contribution in [2.75, 3.05) is 0 Å². The van der Waals surface area contributed by atoms with Crippen molar-refractivity contribution < 1.29 is 4.42 Å². The maximum absolute atomic E-state index is 6.30. The van der Waals surface area contributed by atoms with E-state index in [4.69, 9.17) is 4.42 Å². The van der Waals surface area contributed by atoms with Crippen LogP contribution in [0.1, 0.15) is 0 Å². The molecule has 1 nitrogen and oxygen atoms in total. The van der Waals surface area contributed by atoms with Crippen LogP contribution in [-0.2, 0) is 0 Å². The van der Waals surface area contributed by atoms with E-state index in [0.29, 0.717) is 0 Å². The summed E-state index contributed by atoms with van der Waals surface area (Å²) in [4.78, 5) is 0. The number of benzene rings is 8. The molecule has 0 aliphatic carbocycles. The highest BCUT2D eigenvalue weighted by molar-refractivity contribution is 6.30. The molecule has 0 bridgehead atoms. The average molecular weight is 495 g/mol. The van der Waals surface area contributed by atoms with Gasteiger partial charge < -0.3 is 4.42 Å². The number of rotatable bonds is 2. The van der Waals surface area contributed by atoms with Crippen molar-refractivity contribution in [3.63, 3.8) is 0 Å². The summed E-state index contributed by atoms with van der Waals surface area (Å²) in [6.07, 6.45) is 0. The van der Waals surface area contributed by atoms with E-state index in [0.717, 1.165) is 11.2 Å². The molecule has 0 amide bonds. The largest absolute Gasteiger partial charge is 0.456 e.